The molecule has 2 saturated heterocycles. The van der Waals surface area contributed by atoms with Crippen LogP contribution in [0, 0.1) is 6.92 Å². The Morgan fingerprint density at radius 2 is 1.91 bits per heavy atom. The van der Waals surface area contributed by atoms with Gasteiger partial charge in [0.05, 0.1) is 6.54 Å². The van der Waals surface area contributed by atoms with Crippen LogP contribution in [0.15, 0.2) is 16.5 Å². The third-order valence-electron chi connectivity index (χ3n) is 4.63. The maximum absolute atomic E-state index is 12.3. The molecule has 0 bridgehead atoms. The van der Waals surface area contributed by atoms with E-state index in [9.17, 15) is 4.79 Å². The Morgan fingerprint density at radius 1 is 1.22 bits per heavy atom. The number of likely N-dealkylation sites (tertiary alicyclic amines) is 2. The van der Waals surface area contributed by atoms with Gasteiger partial charge in [-0.1, -0.05) is 0 Å². The second kappa shape index (κ2) is 8.92. The lowest BCUT2D eigenvalue weighted by atomic mass is 10.0. The molecule has 132 valence electrons. The number of hydrogen-bond donors (Lipinski definition) is 1. The number of carbonyl (C=O) groups is 1. The minimum Gasteiger partial charge on any atom is -0.466 e. The van der Waals surface area contributed by atoms with Crippen molar-refractivity contribution in [1.29, 1.82) is 0 Å². The molecule has 1 aromatic rings. The molecule has 3 rings (SSSR count). The number of nitrogens with two attached hydrogens (primary N) is 1. The summed E-state index contributed by atoms with van der Waals surface area (Å²) < 4.78 is 5.71. The van der Waals surface area contributed by atoms with Crippen LogP contribution < -0.4 is 5.73 Å². The Hall–Kier alpha value is -0.750. The predicted octanol–water partition coefficient (Wildman–Crippen LogP) is 2.17. The van der Waals surface area contributed by atoms with Crippen molar-refractivity contribution in [2.24, 2.45) is 5.73 Å². The molecule has 0 aromatic carbocycles. The van der Waals surface area contributed by atoms with E-state index in [2.05, 4.69) is 4.90 Å². The van der Waals surface area contributed by atoms with Gasteiger partial charge >= 0.3 is 0 Å². The first-order chi connectivity index (χ1) is 10.1. The number of carbonyl (C=O) groups excluding carboxylic acids is 1. The molecule has 0 saturated carbocycles. The van der Waals surface area contributed by atoms with Gasteiger partial charge in [-0.2, -0.15) is 0 Å². The number of rotatable bonds is 3. The van der Waals surface area contributed by atoms with Crippen LogP contribution in [0.1, 0.15) is 36.7 Å². The molecule has 2 atom stereocenters. The quantitative estimate of drug-likeness (QED) is 0.893. The van der Waals surface area contributed by atoms with Gasteiger partial charge in [0.1, 0.15) is 11.5 Å². The Kier molecular flexibility index (Phi) is 7.87. The van der Waals surface area contributed by atoms with E-state index in [4.69, 9.17) is 10.2 Å². The molecule has 0 aliphatic carbocycles. The highest BCUT2D eigenvalue weighted by molar-refractivity contribution is 5.85. The van der Waals surface area contributed by atoms with Crippen molar-refractivity contribution in [1.82, 2.24) is 9.80 Å². The number of halogens is 2. The fourth-order valence-corrected chi connectivity index (χ4v) is 3.43. The van der Waals surface area contributed by atoms with Crippen molar-refractivity contribution in [2.75, 3.05) is 32.7 Å². The Balaban J connectivity index is 0.00000132. The lowest BCUT2D eigenvalue weighted by molar-refractivity contribution is -0.133. The molecular weight excluding hydrogens is 337 g/mol. The van der Waals surface area contributed by atoms with Crippen LogP contribution in [0.3, 0.4) is 0 Å². The molecule has 7 heteroatoms. The maximum atomic E-state index is 12.3. The van der Waals surface area contributed by atoms with Crippen LogP contribution in [0.2, 0.25) is 0 Å². The molecule has 2 aliphatic heterocycles. The molecule has 2 fully saturated rings. The number of amides is 1. The molecule has 2 N–H and O–H groups in total. The number of hydrogen-bond acceptors (Lipinski definition) is 4. The average molecular weight is 364 g/mol. The smallest absolute Gasteiger partial charge is 0.236 e. The first-order valence-electron chi connectivity index (χ1n) is 7.95. The van der Waals surface area contributed by atoms with Gasteiger partial charge in [-0.3, -0.25) is 9.69 Å². The van der Waals surface area contributed by atoms with Crippen molar-refractivity contribution < 1.29 is 9.21 Å². The van der Waals surface area contributed by atoms with Crippen LogP contribution in [0.25, 0.3) is 0 Å². The monoisotopic (exact) mass is 363 g/mol. The summed E-state index contributed by atoms with van der Waals surface area (Å²) in [5, 5.41) is 0. The fourth-order valence-electron chi connectivity index (χ4n) is 3.43. The van der Waals surface area contributed by atoms with E-state index in [1.54, 1.807) is 0 Å². The zero-order valence-corrected chi connectivity index (χ0v) is 15.2. The van der Waals surface area contributed by atoms with Crippen molar-refractivity contribution in [2.45, 2.75) is 38.1 Å². The molecule has 1 amide bonds. The number of piperidine rings is 1. The van der Waals surface area contributed by atoms with Gasteiger partial charge in [-0.15, -0.1) is 24.8 Å². The SMILES string of the molecule is Cc1ccc([C@H]2CN(CC(=O)N3CCCCC3)C[C@@H]2N)o1.Cl.Cl. The molecule has 0 radical (unpaired) electrons. The molecule has 0 unspecified atom stereocenters. The summed E-state index contributed by atoms with van der Waals surface area (Å²) in [6, 6.07) is 4.03. The summed E-state index contributed by atoms with van der Waals surface area (Å²) in [7, 11) is 0. The van der Waals surface area contributed by atoms with Gasteiger partial charge in [0.15, 0.2) is 0 Å². The number of aryl methyl sites for hydroxylation is 1. The summed E-state index contributed by atoms with van der Waals surface area (Å²) >= 11 is 0. The maximum Gasteiger partial charge on any atom is 0.236 e. The van der Waals surface area contributed by atoms with E-state index in [-0.39, 0.29) is 42.7 Å². The van der Waals surface area contributed by atoms with Gasteiger partial charge in [0, 0.05) is 38.1 Å². The highest BCUT2D eigenvalue weighted by Crippen LogP contribution is 2.27. The van der Waals surface area contributed by atoms with Crippen molar-refractivity contribution in [3.05, 3.63) is 23.7 Å². The van der Waals surface area contributed by atoms with Gasteiger partial charge in [-0.25, -0.2) is 0 Å². The zero-order chi connectivity index (χ0) is 14.8. The summed E-state index contributed by atoms with van der Waals surface area (Å²) in [6.45, 7) is 5.85. The summed E-state index contributed by atoms with van der Waals surface area (Å²) in [4.78, 5) is 16.5. The van der Waals surface area contributed by atoms with Crippen LogP contribution in [-0.2, 0) is 4.79 Å². The minimum absolute atomic E-state index is 0. The van der Waals surface area contributed by atoms with Gasteiger partial charge < -0.3 is 15.1 Å². The largest absolute Gasteiger partial charge is 0.466 e. The predicted molar refractivity (Wildman–Crippen MR) is 95.5 cm³/mol. The van der Waals surface area contributed by atoms with E-state index in [1.807, 2.05) is 24.0 Å². The Bertz CT molecular complexity index is 503. The second-order valence-electron chi connectivity index (χ2n) is 6.35. The summed E-state index contributed by atoms with van der Waals surface area (Å²) in [5.74, 6) is 2.32. The number of nitrogens with zero attached hydrogens (tertiary/aromatic N) is 2. The van der Waals surface area contributed by atoms with Gasteiger partial charge in [-0.05, 0) is 38.3 Å². The normalized spacial score (nSPS) is 24.9. The molecule has 1 aromatic heterocycles. The lowest BCUT2D eigenvalue weighted by Crippen LogP contribution is -2.42. The molecule has 3 heterocycles. The van der Waals surface area contributed by atoms with Crippen LogP contribution in [0.5, 0.6) is 0 Å². The van der Waals surface area contributed by atoms with Crippen molar-refractivity contribution in [3.8, 4) is 0 Å². The first kappa shape index (κ1) is 20.3. The topological polar surface area (TPSA) is 62.7 Å². The Morgan fingerprint density at radius 3 is 2.52 bits per heavy atom. The third kappa shape index (κ3) is 4.86. The number of furan rings is 1. The third-order valence-corrected chi connectivity index (χ3v) is 4.63. The average Bonchev–Trinajstić information content (AvgIpc) is 3.06. The van der Waals surface area contributed by atoms with E-state index < -0.39 is 0 Å². The minimum atomic E-state index is 0. The van der Waals surface area contributed by atoms with E-state index in [0.29, 0.717) is 6.54 Å². The van der Waals surface area contributed by atoms with Crippen LogP contribution in [0.4, 0.5) is 0 Å². The van der Waals surface area contributed by atoms with Gasteiger partial charge in [0.25, 0.3) is 0 Å². The van der Waals surface area contributed by atoms with Gasteiger partial charge in [0.2, 0.25) is 5.91 Å². The molecule has 23 heavy (non-hydrogen) atoms. The van der Waals surface area contributed by atoms with Crippen molar-refractivity contribution >= 4 is 30.7 Å². The second-order valence-corrected chi connectivity index (χ2v) is 6.35. The molecular formula is C16H27Cl2N3O2. The van der Waals surface area contributed by atoms with E-state index >= 15 is 0 Å². The van der Waals surface area contributed by atoms with E-state index in [1.165, 1.54) is 6.42 Å². The highest BCUT2D eigenvalue weighted by atomic mass is 35.5. The summed E-state index contributed by atoms with van der Waals surface area (Å²) in [6.07, 6.45) is 3.53. The van der Waals surface area contributed by atoms with E-state index in [0.717, 1.165) is 50.5 Å². The molecule has 5 nitrogen and oxygen atoms in total. The molecule has 2 aliphatic rings. The zero-order valence-electron chi connectivity index (χ0n) is 13.6. The van der Waals surface area contributed by atoms with Crippen molar-refractivity contribution in [3.63, 3.8) is 0 Å². The fraction of sp³-hybridized carbons (Fsp3) is 0.688. The standard InChI is InChI=1S/C16H25N3O2.2ClH/c1-12-5-6-15(21-12)13-9-18(10-14(13)17)11-16(20)19-7-3-2-4-8-19;;/h5-6,13-14H,2-4,7-11,17H2,1H3;2*1H/t13-,14-;;/m0../s1. The molecule has 0 spiro atoms. The first-order valence-corrected chi connectivity index (χ1v) is 7.95. The lowest BCUT2D eigenvalue weighted by Gasteiger charge is -2.28. The van der Waals surface area contributed by atoms with Crippen LogP contribution >= 0.6 is 24.8 Å². The van der Waals surface area contributed by atoms with Crippen LogP contribution in [-0.4, -0.2) is 54.5 Å². The highest BCUT2D eigenvalue weighted by Gasteiger charge is 2.34. The Labute approximate surface area is 150 Å². The summed E-state index contributed by atoms with van der Waals surface area (Å²) in [5.41, 5.74) is 6.24.